The van der Waals surface area contributed by atoms with Gasteiger partial charge in [-0.05, 0) is 36.2 Å². The van der Waals surface area contributed by atoms with Gasteiger partial charge in [-0.15, -0.1) is 0 Å². The van der Waals surface area contributed by atoms with Crippen LogP contribution in [0.25, 0.3) is 0 Å². The number of halogens is 1. The van der Waals surface area contributed by atoms with Crippen molar-refractivity contribution in [3.05, 3.63) is 58.7 Å². The van der Waals surface area contributed by atoms with Crippen molar-refractivity contribution in [2.45, 2.75) is 6.42 Å². The van der Waals surface area contributed by atoms with Crippen molar-refractivity contribution >= 4 is 23.3 Å². The fourth-order valence-electron chi connectivity index (χ4n) is 3.11. The number of benzene rings is 1. The maximum Gasteiger partial charge on any atom is 0.234 e. The molecule has 0 atom stereocenters. The van der Waals surface area contributed by atoms with Crippen LogP contribution in [0, 0.1) is 11.3 Å². The molecule has 0 aliphatic carbocycles. The Morgan fingerprint density at radius 1 is 1.19 bits per heavy atom. The first-order valence-corrected chi connectivity index (χ1v) is 9.37. The topological polar surface area (TPSA) is 72.3 Å². The molecule has 7 heteroatoms. The number of pyridine rings is 1. The molecule has 3 rings (SSSR count). The molecule has 1 fully saturated rings. The van der Waals surface area contributed by atoms with E-state index in [1.807, 2.05) is 24.3 Å². The zero-order valence-corrected chi connectivity index (χ0v) is 15.8. The quantitative estimate of drug-likeness (QED) is 0.826. The predicted octanol–water partition coefficient (Wildman–Crippen LogP) is 2.09. The molecule has 1 aliphatic rings. The summed E-state index contributed by atoms with van der Waals surface area (Å²) in [5.74, 6) is 0.764. The fraction of sp³-hybridized carbons (Fsp3) is 0.350. The summed E-state index contributed by atoms with van der Waals surface area (Å²) in [6.45, 7) is 4.05. The normalized spacial score (nSPS) is 14.6. The highest BCUT2D eigenvalue weighted by atomic mass is 35.5. The number of carbonyl (C=O) groups excluding carboxylic acids is 1. The highest BCUT2D eigenvalue weighted by Gasteiger charge is 2.21. The van der Waals surface area contributed by atoms with Crippen LogP contribution in [0.4, 0.5) is 5.82 Å². The molecule has 1 N–H and O–H groups in total. The Balaban J connectivity index is 1.40. The van der Waals surface area contributed by atoms with Gasteiger partial charge in [0.15, 0.2) is 0 Å². The molecule has 0 unspecified atom stereocenters. The number of carbonyl (C=O) groups is 1. The van der Waals surface area contributed by atoms with E-state index in [0.29, 0.717) is 18.7 Å². The number of nitrogens with one attached hydrogen (secondary N) is 1. The maximum absolute atomic E-state index is 12.2. The average Bonchev–Trinajstić information content (AvgIpc) is 2.70. The van der Waals surface area contributed by atoms with Gasteiger partial charge in [0.05, 0.1) is 12.1 Å². The van der Waals surface area contributed by atoms with Gasteiger partial charge in [0.25, 0.3) is 0 Å². The lowest BCUT2D eigenvalue weighted by atomic mass is 10.1. The number of rotatable bonds is 6. The van der Waals surface area contributed by atoms with Crippen LogP contribution >= 0.6 is 11.6 Å². The first kappa shape index (κ1) is 19.2. The van der Waals surface area contributed by atoms with E-state index in [9.17, 15) is 10.1 Å². The number of piperazine rings is 1. The number of anilines is 1. The highest BCUT2D eigenvalue weighted by Crippen LogP contribution is 2.17. The molecule has 0 saturated carbocycles. The van der Waals surface area contributed by atoms with E-state index in [1.165, 1.54) is 0 Å². The van der Waals surface area contributed by atoms with Crippen molar-refractivity contribution in [3.63, 3.8) is 0 Å². The van der Waals surface area contributed by atoms with Crippen LogP contribution in [0.15, 0.2) is 42.6 Å². The molecule has 1 aliphatic heterocycles. The number of amides is 1. The first-order valence-electron chi connectivity index (χ1n) is 8.99. The van der Waals surface area contributed by atoms with E-state index in [2.05, 4.69) is 26.2 Å². The molecule has 6 nitrogen and oxygen atoms in total. The van der Waals surface area contributed by atoms with Gasteiger partial charge in [-0.1, -0.05) is 23.7 Å². The van der Waals surface area contributed by atoms with Crippen LogP contribution in [-0.4, -0.2) is 55.1 Å². The molecular formula is C20H22ClN5O. The Morgan fingerprint density at radius 2 is 1.93 bits per heavy atom. The van der Waals surface area contributed by atoms with Crippen LogP contribution in [0.5, 0.6) is 0 Å². The molecule has 1 amide bonds. The van der Waals surface area contributed by atoms with E-state index in [0.717, 1.165) is 49.0 Å². The van der Waals surface area contributed by atoms with Gasteiger partial charge >= 0.3 is 0 Å². The molecule has 27 heavy (non-hydrogen) atoms. The van der Waals surface area contributed by atoms with Gasteiger partial charge in [-0.2, -0.15) is 5.26 Å². The average molecular weight is 384 g/mol. The van der Waals surface area contributed by atoms with Gasteiger partial charge in [-0.3, -0.25) is 9.69 Å². The number of nitriles is 1. The van der Waals surface area contributed by atoms with Gasteiger partial charge in [0, 0.05) is 43.9 Å². The molecule has 2 aromatic rings. The van der Waals surface area contributed by atoms with Crippen molar-refractivity contribution < 1.29 is 4.79 Å². The van der Waals surface area contributed by atoms with Gasteiger partial charge < -0.3 is 10.2 Å². The SMILES string of the molecule is N#Cc1cccnc1N1CCN(CC(=O)NCCc2ccc(Cl)cc2)CC1. The number of nitrogens with zero attached hydrogens (tertiary/aromatic N) is 4. The number of hydrogen-bond donors (Lipinski definition) is 1. The Bertz CT molecular complexity index is 810. The summed E-state index contributed by atoms with van der Waals surface area (Å²) in [5.41, 5.74) is 1.74. The van der Waals surface area contributed by atoms with Crippen LogP contribution in [0.2, 0.25) is 5.02 Å². The molecule has 1 saturated heterocycles. The van der Waals surface area contributed by atoms with Crippen LogP contribution in [-0.2, 0) is 11.2 Å². The standard InChI is InChI=1S/C20H22ClN5O/c21-18-5-3-16(4-6-18)7-9-23-19(27)15-25-10-12-26(13-11-25)20-17(14-22)2-1-8-24-20/h1-6,8H,7,9-13,15H2,(H,23,27). The van der Waals surface area contributed by atoms with E-state index >= 15 is 0 Å². The number of aromatic nitrogens is 1. The largest absolute Gasteiger partial charge is 0.355 e. The summed E-state index contributed by atoms with van der Waals surface area (Å²) < 4.78 is 0. The lowest BCUT2D eigenvalue weighted by molar-refractivity contribution is -0.122. The fourth-order valence-corrected chi connectivity index (χ4v) is 3.24. The van der Waals surface area contributed by atoms with Gasteiger partial charge in [-0.25, -0.2) is 4.98 Å². The minimum Gasteiger partial charge on any atom is -0.355 e. The Labute approximate surface area is 164 Å². The van der Waals surface area contributed by atoms with Crippen LogP contribution in [0.3, 0.4) is 0 Å². The summed E-state index contributed by atoms with van der Waals surface area (Å²) in [4.78, 5) is 20.7. The molecule has 0 bridgehead atoms. The van der Waals surface area contributed by atoms with Crippen molar-refractivity contribution in [1.29, 1.82) is 5.26 Å². The zero-order valence-electron chi connectivity index (χ0n) is 15.1. The second-order valence-electron chi connectivity index (χ2n) is 6.48. The third kappa shape index (κ3) is 5.43. The minimum absolute atomic E-state index is 0.0352. The monoisotopic (exact) mass is 383 g/mol. The van der Waals surface area contributed by atoms with E-state index in [4.69, 9.17) is 11.6 Å². The highest BCUT2D eigenvalue weighted by molar-refractivity contribution is 6.30. The summed E-state index contributed by atoms with van der Waals surface area (Å²) >= 11 is 5.87. The molecule has 1 aromatic carbocycles. The molecule has 0 spiro atoms. The van der Waals surface area contributed by atoms with Gasteiger partial charge in [0.1, 0.15) is 11.9 Å². The van der Waals surface area contributed by atoms with Crippen molar-refractivity contribution in [2.24, 2.45) is 0 Å². The van der Waals surface area contributed by atoms with Crippen molar-refractivity contribution in [2.75, 3.05) is 44.2 Å². The summed E-state index contributed by atoms with van der Waals surface area (Å²) in [6, 6.07) is 13.4. The summed E-state index contributed by atoms with van der Waals surface area (Å²) in [6.07, 6.45) is 2.49. The molecular weight excluding hydrogens is 362 g/mol. The molecule has 1 aromatic heterocycles. The van der Waals surface area contributed by atoms with Crippen LogP contribution < -0.4 is 10.2 Å². The van der Waals surface area contributed by atoms with Crippen molar-refractivity contribution in [3.8, 4) is 6.07 Å². The second-order valence-corrected chi connectivity index (χ2v) is 6.91. The molecule has 0 radical (unpaired) electrons. The Hall–Kier alpha value is -2.62. The third-order valence-corrected chi connectivity index (χ3v) is 4.85. The van der Waals surface area contributed by atoms with E-state index in [-0.39, 0.29) is 5.91 Å². The molecule has 2 heterocycles. The summed E-state index contributed by atoms with van der Waals surface area (Å²) in [7, 11) is 0. The Morgan fingerprint density at radius 3 is 2.63 bits per heavy atom. The van der Waals surface area contributed by atoms with Crippen molar-refractivity contribution in [1.82, 2.24) is 15.2 Å². The lowest BCUT2D eigenvalue weighted by Crippen LogP contribution is -2.50. The maximum atomic E-state index is 12.2. The lowest BCUT2D eigenvalue weighted by Gasteiger charge is -2.35. The first-order chi connectivity index (χ1) is 13.2. The molecule has 140 valence electrons. The van der Waals surface area contributed by atoms with E-state index < -0.39 is 0 Å². The van der Waals surface area contributed by atoms with E-state index in [1.54, 1.807) is 18.3 Å². The summed E-state index contributed by atoms with van der Waals surface area (Å²) in [5, 5.41) is 12.9. The predicted molar refractivity (Wildman–Crippen MR) is 106 cm³/mol. The van der Waals surface area contributed by atoms with Gasteiger partial charge in [0.2, 0.25) is 5.91 Å². The zero-order chi connectivity index (χ0) is 19.1. The number of hydrogen-bond acceptors (Lipinski definition) is 5. The minimum atomic E-state index is 0.0352. The smallest absolute Gasteiger partial charge is 0.234 e. The second kappa shape index (κ2) is 9.36. The van der Waals surface area contributed by atoms with Crippen LogP contribution in [0.1, 0.15) is 11.1 Å². The third-order valence-electron chi connectivity index (χ3n) is 4.60. The Kier molecular flexibility index (Phi) is 6.64.